The molecule has 0 saturated carbocycles. The van der Waals surface area contributed by atoms with Crippen molar-refractivity contribution in [1.29, 1.82) is 0 Å². The van der Waals surface area contributed by atoms with Crippen LogP contribution in [0.3, 0.4) is 0 Å². The summed E-state index contributed by atoms with van der Waals surface area (Å²) in [6.45, 7) is 3.70. The van der Waals surface area contributed by atoms with Gasteiger partial charge in [0.2, 0.25) is 0 Å². The second-order valence-corrected chi connectivity index (χ2v) is 6.03. The summed E-state index contributed by atoms with van der Waals surface area (Å²) in [5.41, 5.74) is 4.99. The molecule has 0 aliphatic carbocycles. The van der Waals surface area contributed by atoms with E-state index in [1.165, 1.54) is 0 Å². The van der Waals surface area contributed by atoms with Crippen LogP contribution >= 0.6 is 23.2 Å². The lowest BCUT2D eigenvalue weighted by Crippen LogP contribution is -2.26. The SMILES string of the molecule is CC/C(=N/NC(=O)COc1ccc(Cl)cc1C)c1cccc(Cl)c1. The number of aryl methyl sites for hydroxylation is 1. The molecule has 6 heteroatoms. The molecule has 4 nitrogen and oxygen atoms in total. The van der Waals surface area contributed by atoms with Crippen LogP contribution in [-0.4, -0.2) is 18.2 Å². The van der Waals surface area contributed by atoms with Gasteiger partial charge in [-0.2, -0.15) is 5.10 Å². The zero-order chi connectivity index (χ0) is 17.5. The summed E-state index contributed by atoms with van der Waals surface area (Å²) in [4.78, 5) is 11.9. The van der Waals surface area contributed by atoms with Crippen LogP contribution in [0.25, 0.3) is 0 Å². The van der Waals surface area contributed by atoms with Gasteiger partial charge in [0.05, 0.1) is 5.71 Å². The van der Waals surface area contributed by atoms with Crippen LogP contribution < -0.4 is 10.2 Å². The lowest BCUT2D eigenvalue weighted by Gasteiger charge is -2.09. The van der Waals surface area contributed by atoms with Gasteiger partial charge in [0.1, 0.15) is 5.75 Å². The first-order valence-corrected chi connectivity index (χ1v) is 8.25. The van der Waals surface area contributed by atoms with Gasteiger partial charge in [-0.3, -0.25) is 4.79 Å². The minimum absolute atomic E-state index is 0.126. The minimum Gasteiger partial charge on any atom is -0.483 e. The van der Waals surface area contributed by atoms with Gasteiger partial charge < -0.3 is 4.74 Å². The van der Waals surface area contributed by atoms with Crippen molar-refractivity contribution < 1.29 is 9.53 Å². The van der Waals surface area contributed by atoms with Crippen molar-refractivity contribution in [2.45, 2.75) is 20.3 Å². The molecule has 1 N–H and O–H groups in total. The largest absolute Gasteiger partial charge is 0.483 e. The van der Waals surface area contributed by atoms with E-state index in [0.29, 0.717) is 22.2 Å². The van der Waals surface area contributed by atoms with Gasteiger partial charge in [-0.05, 0) is 54.8 Å². The molecule has 126 valence electrons. The summed E-state index contributed by atoms with van der Waals surface area (Å²) < 4.78 is 5.48. The number of rotatable bonds is 6. The standard InChI is InChI=1S/C18H18Cl2N2O2/c1-3-16(13-5-4-6-14(19)10-13)21-22-18(23)11-24-17-8-7-15(20)9-12(17)2/h4-10H,3,11H2,1-2H3,(H,22,23)/b21-16-. The summed E-state index contributed by atoms with van der Waals surface area (Å²) >= 11 is 11.9. The molecule has 0 aromatic heterocycles. The summed E-state index contributed by atoms with van der Waals surface area (Å²) in [6.07, 6.45) is 0.664. The molecular formula is C18H18Cl2N2O2. The van der Waals surface area contributed by atoms with Crippen LogP contribution in [0.1, 0.15) is 24.5 Å². The Kier molecular flexibility index (Phi) is 6.64. The minimum atomic E-state index is -0.336. The summed E-state index contributed by atoms with van der Waals surface area (Å²) in [5, 5.41) is 5.41. The first-order valence-electron chi connectivity index (χ1n) is 7.50. The van der Waals surface area contributed by atoms with Crippen LogP contribution in [-0.2, 0) is 4.79 Å². The summed E-state index contributed by atoms with van der Waals surface area (Å²) in [6, 6.07) is 12.6. The van der Waals surface area contributed by atoms with Crippen molar-refractivity contribution in [3.05, 3.63) is 63.6 Å². The molecule has 0 spiro atoms. The molecule has 0 atom stereocenters. The van der Waals surface area contributed by atoms with Gasteiger partial charge in [-0.25, -0.2) is 5.43 Å². The van der Waals surface area contributed by atoms with Crippen molar-refractivity contribution in [1.82, 2.24) is 5.43 Å². The van der Waals surface area contributed by atoms with Crippen LogP contribution in [0.2, 0.25) is 10.0 Å². The van der Waals surface area contributed by atoms with Gasteiger partial charge in [-0.1, -0.05) is 42.3 Å². The second-order valence-electron chi connectivity index (χ2n) is 5.16. The Morgan fingerprint density at radius 1 is 1.17 bits per heavy atom. The smallest absolute Gasteiger partial charge is 0.277 e. The predicted octanol–water partition coefficient (Wildman–Crippen LogP) is 4.61. The Morgan fingerprint density at radius 3 is 2.58 bits per heavy atom. The monoisotopic (exact) mass is 364 g/mol. The molecular weight excluding hydrogens is 347 g/mol. The number of carbonyl (C=O) groups is 1. The summed E-state index contributed by atoms with van der Waals surface area (Å²) in [5.74, 6) is 0.279. The Hall–Kier alpha value is -2.04. The molecule has 0 bridgehead atoms. The van der Waals surface area contributed by atoms with Crippen molar-refractivity contribution in [3.63, 3.8) is 0 Å². The third-order valence-electron chi connectivity index (χ3n) is 3.30. The molecule has 2 aromatic rings. The van der Waals surface area contributed by atoms with E-state index in [9.17, 15) is 4.79 Å². The average molecular weight is 365 g/mol. The molecule has 0 saturated heterocycles. The molecule has 0 aliphatic heterocycles. The second kappa shape index (κ2) is 8.71. The fraction of sp³-hybridized carbons (Fsp3) is 0.222. The molecule has 2 rings (SSSR count). The van der Waals surface area contributed by atoms with E-state index >= 15 is 0 Å². The molecule has 0 radical (unpaired) electrons. The van der Waals surface area contributed by atoms with Gasteiger partial charge in [0.25, 0.3) is 5.91 Å². The number of hydrogen-bond donors (Lipinski definition) is 1. The third-order valence-corrected chi connectivity index (χ3v) is 3.77. The van der Waals surface area contributed by atoms with Gasteiger partial charge in [-0.15, -0.1) is 0 Å². The van der Waals surface area contributed by atoms with Crippen molar-refractivity contribution in [2.75, 3.05) is 6.61 Å². The Morgan fingerprint density at radius 2 is 1.92 bits per heavy atom. The van der Waals surface area contributed by atoms with Crippen molar-refractivity contribution in [2.24, 2.45) is 5.10 Å². The highest BCUT2D eigenvalue weighted by Crippen LogP contribution is 2.21. The van der Waals surface area contributed by atoms with Crippen LogP contribution in [0.5, 0.6) is 5.75 Å². The first kappa shape index (κ1) is 18.3. The quantitative estimate of drug-likeness (QED) is 0.600. The molecule has 1 amide bonds. The van der Waals surface area contributed by atoms with E-state index in [-0.39, 0.29) is 12.5 Å². The number of benzene rings is 2. The normalized spacial score (nSPS) is 11.2. The molecule has 0 aliphatic rings. The molecule has 24 heavy (non-hydrogen) atoms. The van der Waals surface area contributed by atoms with Gasteiger partial charge in [0.15, 0.2) is 6.61 Å². The van der Waals surface area contributed by atoms with Crippen LogP contribution in [0.4, 0.5) is 0 Å². The van der Waals surface area contributed by atoms with Crippen molar-refractivity contribution >= 4 is 34.8 Å². The maximum atomic E-state index is 11.9. The van der Waals surface area contributed by atoms with E-state index < -0.39 is 0 Å². The Balaban J connectivity index is 1.95. The summed E-state index contributed by atoms with van der Waals surface area (Å²) in [7, 11) is 0. The zero-order valence-corrected chi connectivity index (χ0v) is 15.0. The topological polar surface area (TPSA) is 50.7 Å². The lowest BCUT2D eigenvalue weighted by molar-refractivity contribution is -0.123. The van der Waals surface area contributed by atoms with E-state index in [1.54, 1.807) is 24.3 Å². The van der Waals surface area contributed by atoms with Crippen LogP contribution in [0.15, 0.2) is 47.6 Å². The van der Waals surface area contributed by atoms with E-state index in [0.717, 1.165) is 16.8 Å². The number of amides is 1. The Labute approximate surface area is 151 Å². The number of ether oxygens (including phenoxy) is 1. The Bertz CT molecular complexity index is 760. The maximum absolute atomic E-state index is 11.9. The highest BCUT2D eigenvalue weighted by molar-refractivity contribution is 6.31. The molecule has 0 fully saturated rings. The number of carbonyl (C=O) groups excluding carboxylic acids is 1. The molecule has 2 aromatic carbocycles. The van der Waals surface area contributed by atoms with E-state index in [2.05, 4.69) is 10.5 Å². The van der Waals surface area contributed by atoms with E-state index in [4.69, 9.17) is 27.9 Å². The van der Waals surface area contributed by atoms with Crippen LogP contribution in [0, 0.1) is 6.92 Å². The first-order chi connectivity index (χ1) is 11.5. The maximum Gasteiger partial charge on any atom is 0.277 e. The number of hydrazone groups is 1. The zero-order valence-electron chi connectivity index (χ0n) is 13.5. The third kappa shape index (κ3) is 5.25. The predicted molar refractivity (Wildman–Crippen MR) is 98.1 cm³/mol. The van der Waals surface area contributed by atoms with Gasteiger partial charge >= 0.3 is 0 Å². The molecule has 0 unspecified atom stereocenters. The number of halogens is 2. The van der Waals surface area contributed by atoms with E-state index in [1.807, 2.05) is 32.0 Å². The van der Waals surface area contributed by atoms with Crippen molar-refractivity contribution in [3.8, 4) is 5.75 Å². The highest BCUT2D eigenvalue weighted by Gasteiger charge is 2.07. The number of nitrogens with one attached hydrogen (secondary N) is 1. The lowest BCUT2D eigenvalue weighted by atomic mass is 10.1. The fourth-order valence-corrected chi connectivity index (χ4v) is 2.51. The average Bonchev–Trinajstić information content (AvgIpc) is 2.54. The highest BCUT2D eigenvalue weighted by atomic mass is 35.5. The fourth-order valence-electron chi connectivity index (χ4n) is 2.10. The van der Waals surface area contributed by atoms with Gasteiger partial charge in [0, 0.05) is 10.0 Å². The molecule has 0 heterocycles. The number of nitrogens with zero attached hydrogens (tertiary/aromatic N) is 1. The number of hydrogen-bond acceptors (Lipinski definition) is 3.